The number of nitrogens with one attached hydrogen (secondary N) is 1. The normalized spacial score (nSPS) is 11.0. The molecule has 112 valence electrons. The summed E-state index contributed by atoms with van der Waals surface area (Å²) >= 11 is 15.6. The predicted molar refractivity (Wildman–Crippen MR) is 90.4 cm³/mol. The number of hydrogen-bond acceptors (Lipinski definition) is 3. The van der Waals surface area contributed by atoms with Crippen LogP contribution in [0, 0.1) is 0 Å². The lowest BCUT2D eigenvalue weighted by molar-refractivity contribution is 0.468. The zero-order chi connectivity index (χ0) is 15.4. The first-order valence-corrected chi connectivity index (χ1v) is 8.01. The van der Waals surface area contributed by atoms with Gasteiger partial charge in [0.15, 0.2) is 0 Å². The third-order valence-corrected chi connectivity index (χ3v) is 4.25. The summed E-state index contributed by atoms with van der Waals surface area (Å²) in [6.45, 7) is 4.84. The van der Waals surface area contributed by atoms with E-state index in [2.05, 4.69) is 40.1 Å². The lowest BCUT2D eigenvalue weighted by atomic mass is 10.2. The molecule has 0 radical (unpaired) electrons. The van der Waals surface area contributed by atoms with Crippen molar-refractivity contribution < 1.29 is 4.74 Å². The Bertz CT molecular complexity index is 635. The monoisotopic (exact) mass is 388 g/mol. The summed E-state index contributed by atoms with van der Waals surface area (Å²) in [5.74, 6) is 1.22. The fourth-order valence-electron chi connectivity index (χ4n) is 1.66. The summed E-state index contributed by atoms with van der Waals surface area (Å²) in [7, 11) is 0. The standard InChI is InChI=1S/C15H15BrCl2N2O/c1-9(2)20-8-10-7-19-4-3-14(10)21-15-6-12(17)11(16)5-13(15)18/h3-7,9,20H,8H2,1-2H3. The summed E-state index contributed by atoms with van der Waals surface area (Å²) in [6, 6.07) is 5.59. The molecule has 0 aliphatic carbocycles. The van der Waals surface area contributed by atoms with Crippen LogP contribution in [0.2, 0.25) is 10.0 Å². The Morgan fingerprint density at radius 1 is 1.24 bits per heavy atom. The number of nitrogens with zero attached hydrogens (tertiary/aromatic N) is 1. The first-order valence-electron chi connectivity index (χ1n) is 6.46. The Morgan fingerprint density at radius 3 is 2.71 bits per heavy atom. The van der Waals surface area contributed by atoms with Gasteiger partial charge in [0.25, 0.3) is 0 Å². The van der Waals surface area contributed by atoms with Gasteiger partial charge in [-0.3, -0.25) is 4.98 Å². The zero-order valence-corrected chi connectivity index (χ0v) is 14.8. The SMILES string of the molecule is CC(C)NCc1cnccc1Oc1cc(Cl)c(Br)cc1Cl. The molecule has 1 aromatic heterocycles. The number of hydrogen-bond donors (Lipinski definition) is 1. The maximum atomic E-state index is 6.19. The van der Waals surface area contributed by atoms with Gasteiger partial charge in [0, 0.05) is 41.1 Å². The maximum absolute atomic E-state index is 6.19. The molecular weight excluding hydrogens is 375 g/mol. The van der Waals surface area contributed by atoms with Crippen LogP contribution in [0.1, 0.15) is 19.4 Å². The topological polar surface area (TPSA) is 34.2 Å². The maximum Gasteiger partial charge on any atom is 0.147 e. The van der Waals surface area contributed by atoms with Gasteiger partial charge in [-0.1, -0.05) is 37.0 Å². The van der Waals surface area contributed by atoms with Crippen molar-refractivity contribution in [3.05, 3.63) is 50.7 Å². The molecule has 6 heteroatoms. The fourth-order valence-corrected chi connectivity index (χ4v) is 2.49. The van der Waals surface area contributed by atoms with Gasteiger partial charge in [-0.25, -0.2) is 0 Å². The van der Waals surface area contributed by atoms with Gasteiger partial charge in [-0.05, 0) is 28.1 Å². The Kier molecular flexibility index (Phi) is 5.88. The van der Waals surface area contributed by atoms with Gasteiger partial charge < -0.3 is 10.1 Å². The van der Waals surface area contributed by atoms with Gasteiger partial charge in [-0.2, -0.15) is 0 Å². The molecule has 0 saturated heterocycles. The van der Waals surface area contributed by atoms with E-state index in [4.69, 9.17) is 27.9 Å². The van der Waals surface area contributed by atoms with Crippen LogP contribution in [0.5, 0.6) is 11.5 Å². The van der Waals surface area contributed by atoms with Gasteiger partial charge in [-0.15, -0.1) is 0 Å². The molecule has 1 aromatic carbocycles. The molecule has 2 rings (SSSR count). The van der Waals surface area contributed by atoms with E-state index in [1.807, 2.05) is 6.07 Å². The Balaban J connectivity index is 2.25. The van der Waals surface area contributed by atoms with Gasteiger partial charge in [0.2, 0.25) is 0 Å². The van der Waals surface area contributed by atoms with Gasteiger partial charge in [0.1, 0.15) is 11.5 Å². The first kappa shape index (κ1) is 16.6. The van der Waals surface area contributed by atoms with Gasteiger partial charge >= 0.3 is 0 Å². The number of rotatable bonds is 5. The largest absolute Gasteiger partial charge is 0.455 e. The second-order valence-corrected chi connectivity index (χ2v) is 6.49. The second kappa shape index (κ2) is 7.45. The van der Waals surface area contributed by atoms with E-state index in [0.29, 0.717) is 34.1 Å². The smallest absolute Gasteiger partial charge is 0.147 e. The highest BCUT2D eigenvalue weighted by Gasteiger charge is 2.11. The summed E-state index contributed by atoms with van der Waals surface area (Å²) in [5, 5.41) is 4.37. The van der Waals surface area contributed by atoms with Crippen molar-refractivity contribution in [1.29, 1.82) is 0 Å². The zero-order valence-electron chi connectivity index (χ0n) is 11.7. The summed E-state index contributed by atoms with van der Waals surface area (Å²) in [4.78, 5) is 4.13. The van der Waals surface area contributed by atoms with Crippen molar-refractivity contribution in [2.24, 2.45) is 0 Å². The molecule has 0 aliphatic rings. The van der Waals surface area contributed by atoms with E-state index in [9.17, 15) is 0 Å². The molecule has 1 N–H and O–H groups in total. The Morgan fingerprint density at radius 2 is 2.00 bits per heavy atom. The van der Waals surface area contributed by atoms with Crippen LogP contribution in [0.25, 0.3) is 0 Å². The molecule has 0 unspecified atom stereocenters. The molecule has 0 bridgehead atoms. The van der Waals surface area contributed by atoms with Crippen LogP contribution in [-0.2, 0) is 6.54 Å². The van der Waals surface area contributed by atoms with E-state index in [0.717, 1.165) is 10.0 Å². The highest BCUT2D eigenvalue weighted by molar-refractivity contribution is 9.10. The number of pyridine rings is 1. The van der Waals surface area contributed by atoms with Crippen LogP contribution < -0.4 is 10.1 Å². The van der Waals surface area contributed by atoms with Gasteiger partial charge in [0.05, 0.1) is 10.0 Å². The van der Waals surface area contributed by atoms with Crippen molar-refractivity contribution in [2.75, 3.05) is 0 Å². The molecule has 2 aromatic rings. The average Bonchev–Trinajstić information content (AvgIpc) is 2.43. The highest BCUT2D eigenvalue weighted by atomic mass is 79.9. The molecule has 1 heterocycles. The summed E-state index contributed by atoms with van der Waals surface area (Å²) in [5.41, 5.74) is 0.960. The minimum atomic E-state index is 0.378. The lowest BCUT2D eigenvalue weighted by Crippen LogP contribution is -2.22. The van der Waals surface area contributed by atoms with E-state index in [1.54, 1.807) is 24.5 Å². The molecule has 0 spiro atoms. The van der Waals surface area contributed by atoms with Crippen molar-refractivity contribution >= 4 is 39.1 Å². The van der Waals surface area contributed by atoms with Crippen molar-refractivity contribution in [3.8, 4) is 11.5 Å². The van der Waals surface area contributed by atoms with E-state index >= 15 is 0 Å². The van der Waals surface area contributed by atoms with Crippen molar-refractivity contribution in [2.45, 2.75) is 26.4 Å². The van der Waals surface area contributed by atoms with Crippen LogP contribution in [0.4, 0.5) is 0 Å². The molecule has 0 fully saturated rings. The highest BCUT2D eigenvalue weighted by Crippen LogP contribution is 2.37. The Labute approximate surface area is 142 Å². The molecule has 21 heavy (non-hydrogen) atoms. The number of ether oxygens (including phenoxy) is 1. The van der Waals surface area contributed by atoms with Crippen molar-refractivity contribution in [1.82, 2.24) is 10.3 Å². The third kappa shape index (κ3) is 4.58. The predicted octanol–water partition coefficient (Wildman–Crippen LogP) is 5.44. The number of halogens is 3. The summed E-state index contributed by atoms with van der Waals surface area (Å²) in [6.07, 6.45) is 3.46. The fraction of sp³-hybridized carbons (Fsp3) is 0.267. The number of aromatic nitrogens is 1. The first-order chi connectivity index (χ1) is 9.97. The quantitative estimate of drug-likeness (QED) is 0.691. The lowest BCUT2D eigenvalue weighted by Gasteiger charge is -2.14. The molecule has 0 amide bonds. The molecule has 0 aliphatic heterocycles. The Hall–Kier alpha value is -0.810. The summed E-state index contributed by atoms with van der Waals surface area (Å²) < 4.78 is 6.63. The van der Waals surface area contributed by atoms with Crippen LogP contribution in [0.3, 0.4) is 0 Å². The van der Waals surface area contributed by atoms with E-state index in [-0.39, 0.29) is 0 Å². The molecule has 3 nitrogen and oxygen atoms in total. The van der Waals surface area contributed by atoms with Crippen LogP contribution in [-0.4, -0.2) is 11.0 Å². The van der Waals surface area contributed by atoms with Crippen LogP contribution >= 0.6 is 39.1 Å². The minimum absolute atomic E-state index is 0.378. The number of benzene rings is 1. The second-order valence-electron chi connectivity index (χ2n) is 4.82. The molecule has 0 saturated carbocycles. The third-order valence-electron chi connectivity index (χ3n) is 2.75. The average molecular weight is 390 g/mol. The van der Waals surface area contributed by atoms with E-state index in [1.165, 1.54) is 0 Å². The molecule has 0 atom stereocenters. The van der Waals surface area contributed by atoms with Crippen LogP contribution in [0.15, 0.2) is 35.1 Å². The van der Waals surface area contributed by atoms with E-state index < -0.39 is 0 Å². The molecular formula is C15H15BrCl2N2O. The minimum Gasteiger partial charge on any atom is -0.455 e. The van der Waals surface area contributed by atoms with Crippen molar-refractivity contribution in [3.63, 3.8) is 0 Å².